The van der Waals surface area contributed by atoms with Crippen LogP contribution in [0.5, 0.6) is 0 Å². The van der Waals surface area contributed by atoms with Crippen molar-refractivity contribution in [2.45, 2.75) is 25.4 Å². The van der Waals surface area contributed by atoms with Gasteiger partial charge in [-0.05, 0) is 24.6 Å². The van der Waals surface area contributed by atoms with Crippen LogP contribution in [0, 0.1) is 0 Å². The van der Waals surface area contributed by atoms with E-state index in [2.05, 4.69) is 23.0 Å². The number of nitrogens with zero attached hydrogens (tertiary/aromatic N) is 2. The van der Waals surface area contributed by atoms with Crippen LogP contribution in [0.25, 0.3) is 0 Å². The fourth-order valence-corrected chi connectivity index (χ4v) is 2.69. The first kappa shape index (κ1) is 18.4. The van der Waals surface area contributed by atoms with Gasteiger partial charge in [-0.15, -0.1) is 0 Å². The molecule has 0 aliphatic carbocycles. The van der Waals surface area contributed by atoms with E-state index >= 15 is 0 Å². The van der Waals surface area contributed by atoms with Crippen LogP contribution in [-0.4, -0.2) is 55.0 Å². The molecular formula is C18H26N2O4. The van der Waals surface area contributed by atoms with Crippen LogP contribution >= 0.6 is 0 Å². The van der Waals surface area contributed by atoms with Crippen LogP contribution in [0.2, 0.25) is 0 Å². The number of hydrogen-bond donors (Lipinski definition) is 0. The van der Waals surface area contributed by atoms with Crippen LogP contribution < -0.4 is 0 Å². The lowest BCUT2D eigenvalue weighted by molar-refractivity contribution is -0.0448. The second kappa shape index (κ2) is 10.1. The Labute approximate surface area is 143 Å². The van der Waals surface area contributed by atoms with Crippen LogP contribution in [0.1, 0.15) is 18.7 Å². The van der Waals surface area contributed by atoms with Gasteiger partial charge in [0, 0.05) is 25.5 Å². The second-order valence-corrected chi connectivity index (χ2v) is 5.57. The van der Waals surface area contributed by atoms with Crippen molar-refractivity contribution in [2.24, 2.45) is 0 Å². The largest absolute Gasteiger partial charge is 0.499 e. The zero-order valence-corrected chi connectivity index (χ0v) is 14.2. The van der Waals surface area contributed by atoms with E-state index in [9.17, 15) is 0 Å². The average molecular weight is 334 g/mol. The minimum atomic E-state index is -0.123. The summed E-state index contributed by atoms with van der Waals surface area (Å²) in [6.07, 6.45) is 6.36. The summed E-state index contributed by atoms with van der Waals surface area (Å²) in [5.74, 6) is 0. The van der Waals surface area contributed by atoms with E-state index in [1.807, 2.05) is 19.1 Å². The first-order valence-electron chi connectivity index (χ1n) is 8.10. The smallest absolute Gasteiger partial charge is 0.137 e. The van der Waals surface area contributed by atoms with Gasteiger partial charge in [0.05, 0.1) is 31.8 Å². The van der Waals surface area contributed by atoms with Crippen LogP contribution in [0.4, 0.5) is 0 Å². The molecule has 0 amide bonds. The molecule has 0 spiro atoms. The van der Waals surface area contributed by atoms with Crippen LogP contribution in [-0.2, 0) is 18.9 Å². The third-order valence-corrected chi connectivity index (χ3v) is 3.67. The van der Waals surface area contributed by atoms with Gasteiger partial charge in [-0.25, -0.2) is 0 Å². The van der Waals surface area contributed by atoms with Gasteiger partial charge < -0.3 is 18.9 Å². The van der Waals surface area contributed by atoms with Crippen molar-refractivity contribution in [1.29, 1.82) is 0 Å². The van der Waals surface area contributed by atoms with E-state index in [0.29, 0.717) is 19.8 Å². The van der Waals surface area contributed by atoms with Crippen molar-refractivity contribution in [3.63, 3.8) is 0 Å². The highest BCUT2D eigenvalue weighted by Gasteiger charge is 2.34. The maximum atomic E-state index is 6.18. The normalized spacial score (nSPS) is 22.0. The summed E-state index contributed by atoms with van der Waals surface area (Å²) < 4.78 is 22.3. The standard InChI is InChI=1S/C18H26N2O4/c1-4-21-10-11-22-14-17-13-20(12-15(3)23-5-2)18(24-17)16-6-8-19-9-7-16/h4-9,15,17-18H,1-2,10-14H2,3H3. The van der Waals surface area contributed by atoms with E-state index < -0.39 is 0 Å². The Morgan fingerprint density at radius 1 is 1.33 bits per heavy atom. The molecule has 0 saturated carbocycles. The molecule has 2 rings (SSSR count). The fraction of sp³-hybridized carbons (Fsp3) is 0.500. The van der Waals surface area contributed by atoms with Crippen LogP contribution in [0.3, 0.4) is 0 Å². The lowest BCUT2D eigenvalue weighted by Gasteiger charge is -2.25. The quantitative estimate of drug-likeness (QED) is 0.458. The van der Waals surface area contributed by atoms with Gasteiger partial charge in [-0.3, -0.25) is 9.88 Å². The first-order chi connectivity index (χ1) is 11.7. The molecule has 6 heteroatoms. The second-order valence-electron chi connectivity index (χ2n) is 5.57. The molecule has 0 radical (unpaired) electrons. The van der Waals surface area contributed by atoms with E-state index in [4.69, 9.17) is 18.9 Å². The zero-order chi connectivity index (χ0) is 17.2. The average Bonchev–Trinajstić information content (AvgIpc) is 2.98. The van der Waals surface area contributed by atoms with Crippen molar-refractivity contribution in [3.8, 4) is 0 Å². The van der Waals surface area contributed by atoms with Crippen molar-refractivity contribution in [1.82, 2.24) is 9.88 Å². The van der Waals surface area contributed by atoms with Crippen molar-refractivity contribution < 1.29 is 18.9 Å². The van der Waals surface area contributed by atoms with E-state index in [-0.39, 0.29) is 18.4 Å². The molecule has 3 atom stereocenters. The predicted octanol–water partition coefficient (Wildman–Crippen LogP) is 2.51. The summed E-state index contributed by atoms with van der Waals surface area (Å²) in [5.41, 5.74) is 1.08. The lowest BCUT2D eigenvalue weighted by Crippen LogP contribution is -2.33. The molecular weight excluding hydrogens is 308 g/mol. The molecule has 24 heavy (non-hydrogen) atoms. The van der Waals surface area contributed by atoms with Gasteiger partial charge in [-0.1, -0.05) is 13.2 Å². The highest BCUT2D eigenvalue weighted by Crippen LogP contribution is 2.30. The Balaban J connectivity index is 1.92. The van der Waals surface area contributed by atoms with Gasteiger partial charge in [0.25, 0.3) is 0 Å². The van der Waals surface area contributed by atoms with Crippen molar-refractivity contribution >= 4 is 0 Å². The molecule has 2 heterocycles. The molecule has 0 bridgehead atoms. The number of hydrogen-bond acceptors (Lipinski definition) is 6. The molecule has 1 aromatic rings. The molecule has 1 fully saturated rings. The first-order valence-corrected chi connectivity index (χ1v) is 8.10. The maximum absolute atomic E-state index is 6.18. The maximum Gasteiger partial charge on any atom is 0.137 e. The Bertz CT molecular complexity index is 497. The molecule has 0 N–H and O–H groups in total. The Morgan fingerprint density at radius 3 is 2.83 bits per heavy atom. The SMILES string of the molecule is C=COCCOCC1CN(CC(C)OC=C)C(c2ccncc2)O1. The molecule has 6 nitrogen and oxygen atoms in total. The predicted molar refractivity (Wildman–Crippen MR) is 91.1 cm³/mol. The zero-order valence-electron chi connectivity index (χ0n) is 14.2. The number of pyridine rings is 1. The third-order valence-electron chi connectivity index (χ3n) is 3.67. The number of ether oxygens (including phenoxy) is 4. The highest BCUT2D eigenvalue weighted by molar-refractivity contribution is 5.14. The van der Waals surface area contributed by atoms with Gasteiger partial charge in [0.2, 0.25) is 0 Å². The van der Waals surface area contributed by atoms with Gasteiger partial charge in [0.1, 0.15) is 18.9 Å². The summed E-state index contributed by atoms with van der Waals surface area (Å²) in [6.45, 7) is 12.2. The van der Waals surface area contributed by atoms with Gasteiger partial charge in [0.15, 0.2) is 0 Å². The summed E-state index contributed by atoms with van der Waals surface area (Å²) in [5, 5.41) is 0. The van der Waals surface area contributed by atoms with E-state index in [1.165, 1.54) is 12.5 Å². The molecule has 1 aliphatic heterocycles. The summed E-state index contributed by atoms with van der Waals surface area (Å²) >= 11 is 0. The molecule has 0 aromatic carbocycles. The van der Waals surface area contributed by atoms with Crippen molar-refractivity contribution in [2.75, 3.05) is 32.9 Å². The molecule has 132 valence electrons. The Morgan fingerprint density at radius 2 is 2.12 bits per heavy atom. The highest BCUT2D eigenvalue weighted by atomic mass is 16.6. The summed E-state index contributed by atoms with van der Waals surface area (Å²) in [7, 11) is 0. The Kier molecular flexibility index (Phi) is 7.74. The van der Waals surface area contributed by atoms with E-state index in [1.54, 1.807) is 12.4 Å². The topological polar surface area (TPSA) is 53.1 Å². The third kappa shape index (κ3) is 5.63. The summed E-state index contributed by atoms with van der Waals surface area (Å²) in [4.78, 5) is 6.32. The van der Waals surface area contributed by atoms with Gasteiger partial charge >= 0.3 is 0 Å². The molecule has 3 unspecified atom stereocenters. The van der Waals surface area contributed by atoms with Crippen molar-refractivity contribution in [3.05, 3.63) is 55.8 Å². The lowest BCUT2D eigenvalue weighted by atomic mass is 10.2. The molecule has 1 aliphatic rings. The monoisotopic (exact) mass is 334 g/mol. The minimum Gasteiger partial charge on any atom is -0.499 e. The molecule has 1 saturated heterocycles. The number of aromatic nitrogens is 1. The number of rotatable bonds is 11. The fourth-order valence-electron chi connectivity index (χ4n) is 2.69. The Hall–Kier alpha value is -1.89. The minimum absolute atomic E-state index is 0.00262. The van der Waals surface area contributed by atoms with Gasteiger partial charge in [-0.2, -0.15) is 0 Å². The summed E-state index contributed by atoms with van der Waals surface area (Å²) in [6, 6.07) is 3.94. The van der Waals surface area contributed by atoms with Crippen LogP contribution in [0.15, 0.2) is 50.2 Å². The van der Waals surface area contributed by atoms with E-state index in [0.717, 1.165) is 18.7 Å². The molecule has 1 aromatic heterocycles.